The fourth-order valence-corrected chi connectivity index (χ4v) is 4.82. The molecule has 0 radical (unpaired) electrons. The summed E-state index contributed by atoms with van der Waals surface area (Å²) in [5.74, 6) is -1.24. The highest BCUT2D eigenvalue weighted by atomic mass is 32.2. The summed E-state index contributed by atoms with van der Waals surface area (Å²) in [6, 6.07) is 2.28. The Morgan fingerprint density at radius 1 is 1.16 bits per heavy atom. The van der Waals surface area contributed by atoms with Crippen LogP contribution in [0.25, 0.3) is 0 Å². The number of sulfonamides is 1. The number of rotatable bonds is 4. The molecule has 0 aliphatic carbocycles. The predicted molar refractivity (Wildman–Crippen MR) is 87.5 cm³/mol. The van der Waals surface area contributed by atoms with E-state index in [0.29, 0.717) is 18.8 Å². The van der Waals surface area contributed by atoms with E-state index in [-0.39, 0.29) is 30.0 Å². The Morgan fingerprint density at radius 2 is 1.84 bits per heavy atom. The van der Waals surface area contributed by atoms with Crippen LogP contribution >= 0.6 is 0 Å². The molecule has 0 bridgehead atoms. The van der Waals surface area contributed by atoms with E-state index in [0.717, 1.165) is 31.6 Å². The first-order valence-electron chi connectivity index (χ1n) is 8.41. The van der Waals surface area contributed by atoms with Crippen LogP contribution in [-0.4, -0.2) is 60.8 Å². The summed E-state index contributed by atoms with van der Waals surface area (Å²) in [5.41, 5.74) is 0. The molecule has 1 amide bonds. The Bertz CT molecular complexity index is 763. The maximum atomic E-state index is 12.5. The third-order valence-corrected chi connectivity index (χ3v) is 6.70. The lowest BCUT2D eigenvalue weighted by atomic mass is 9.96. The molecule has 8 nitrogen and oxygen atoms in total. The molecule has 1 unspecified atom stereocenters. The number of aromatic carboxylic acids is 1. The van der Waals surface area contributed by atoms with Crippen LogP contribution < -0.4 is 0 Å². The van der Waals surface area contributed by atoms with E-state index in [1.807, 2.05) is 4.90 Å². The second-order valence-corrected chi connectivity index (χ2v) is 8.65. The van der Waals surface area contributed by atoms with Crippen molar-refractivity contribution in [2.75, 3.05) is 26.2 Å². The molecule has 1 N–H and O–H groups in total. The first-order valence-corrected chi connectivity index (χ1v) is 9.85. The average Bonchev–Trinajstić information content (AvgIpc) is 3.24. The van der Waals surface area contributed by atoms with Crippen LogP contribution in [0.5, 0.6) is 0 Å². The predicted octanol–water partition coefficient (Wildman–Crippen LogP) is 1.25. The molecule has 1 atom stereocenters. The van der Waals surface area contributed by atoms with Gasteiger partial charge in [-0.25, -0.2) is 13.2 Å². The first-order chi connectivity index (χ1) is 11.8. The molecule has 2 aliphatic rings. The summed E-state index contributed by atoms with van der Waals surface area (Å²) in [4.78, 5) is 25.2. The van der Waals surface area contributed by atoms with Gasteiger partial charge in [0.15, 0.2) is 0 Å². The number of nitrogens with zero attached hydrogens (tertiary/aromatic N) is 2. The Morgan fingerprint density at radius 3 is 2.36 bits per heavy atom. The van der Waals surface area contributed by atoms with Crippen LogP contribution in [0.1, 0.15) is 36.7 Å². The molecule has 0 saturated carbocycles. The third kappa shape index (κ3) is 3.57. The van der Waals surface area contributed by atoms with Gasteiger partial charge >= 0.3 is 5.97 Å². The number of carbonyl (C=O) groups is 2. The van der Waals surface area contributed by atoms with Gasteiger partial charge in [0.25, 0.3) is 10.0 Å². The van der Waals surface area contributed by atoms with Crippen molar-refractivity contribution in [3.63, 3.8) is 0 Å². The molecule has 0 spiro atoms. The van der Waals surface area contributed by atoms with Gasteiger partial charge in [-0.3, -0.25) is 4.79 Å². The maximum Gasteiger partial charge on any atom is 0.371 e. The quantitative estimate of drug-likeness (QED) is 0.854. The van der Waals surface area contributed by atoms with Gasteiger partial charge < -0.3 is 14.4 Å². The van der Waals surface area contributed by atoms with Crippen molar-refractivity contribution in [1.29, 1.82) is 0 Å². The molecule has 1 aromatic rings. The van der Waals surface area contributed by atoms with Gasteiger partial charge in [-0.1, -0.05) is 6.92 Å². The molecular formula is C16H22N2O6S. The number of hydrogen-bond donors (Lipinski definition) is 1. The fraction of sp³-hybridized carbons (Fsp3) is 0.625. The van der Waals surface area contributed by atoms with Gasteiger partial charge in [0, 0.05) is 32.1 Å². The topological polar surface area (TPSA) is 108 Å². The zero-order chi connectivity index (χ0) is 18.2. The lowest BCUT2D eigenvalue weighted by Gasteiger charge is -2.32. The van der Waals surface area contributed by atoms with Crippen molar-refractivity contribution in [1.82, 2.24) is 9.21 Å². The molecule has 1 aromatic heterocycles. The second kappa shape index (κ2) is 6.80. The van der Waals surface area contributed by atoms with Crippen molar-refractivity contribution >= 4 is 21.9 Å². The van der Waals surface area contributed by atoms with Gasteiger partial charge in [-0.15, -0.1) is 0 Å². The smallest absolute Gasteiger partial charge is 0.371 e. The molecule has 2 aliphatic heterocycles. The van der Waals surface area contributed by atoms with Crippen LogP contribution in [-0.2, 0) is 14.8 Å². The monoisotopic (exact) mass is 370 g/mol. The lowest BCUT2D eigenvalue weighted by Crippen LogP contribution is -2.43. The van der Waals surface area contributed by atoms with E-state index in [9.17, 15) is 18.0 Å². The van der Waals surface area contributed by atoms with Crippen LogP contribution in [0.15, 0.2) is 21.6 Å². The number of amides is 1. The molecular weight excluding hydrogens is 348 g/mol. The standard InChI is InChI=1S/C16H22N2O6S/c1-11-4-7-17(10-11)15(19)12-5-8-18(9-6-12)25(22,23)14-3-2-13(24-14)16(20)21/h2-3,11-12H,4-10H2,1H3,(H,20,21). The molecule has 2 saturated heterocycles. The number of hydrogen-bond acceptors (Lipinski definition) is 5. The minimum atomic E-state index is -3.87. The number of furan rings is 1. The highest BCUT2D eigenvalue weighted by Gasteiger charge is 2.36. The summed E-state index contributed by atoms with van der Waals surface area (Å²) < 4.78 is 31.3. The average molecular weight is 370 g/mol. The van der Waals surface area contributed by atoms with Gasteiger partial charge in [0.1, 0.15) is 0 Å². The van der Waals surface area contributed by atoms with Gasteiger partial charge in [0.2, 0.25) is 16.8 Å². The van der Waals surface area contributed by atoms with E-state index in [4.69, 9.17) is 9.52 Å². The van der Waals surface area contributed by atoms with E-state index >= 15 is 0 Å². The van der Waals surface area contributed by atoms with Crippen molar-refractivity contribution in [2.24, 2.45) is 11.8 Å². The Balaban J connectivity index is 1.63. The van der Waals surface area contributed by atoms with Crippen LogP contribution in [0, 0.1) is 11.8 Å². The molecule has 138 valence electrons. The Kier molecular flexibility index (Phi) is 4.88. The van der Waals surface area contributed by atoms with Gasteiger partial charge in [-0.2, -0.15) is 4.31 Å². The highest BCUT2D eigenvalue weighted by Crippen LogP contribution is 2.27. The van der Waals surface area contributed by atoms with Crippen LogP contribution in [0.3, 0.4) is 0 Å². The van der Waals surface area contributed by atoms with Crippen LogP contribution in [0.4, 0.5) is 0 Å². The zero-order valence-electron chi connectivity index (χ0n) is 14.1. The summed E-state index contributed by atoms with van der Waals surface area (Å²) in [6.45, 7) is 4.14. The van der Waals surface area contributed by atoms with Crippen molar-refractivity contribution in [3.05, 3.63) is 17.9 Å². The second-order valence-electron chi connectivity index (χ2n) is 6.78. The van der Waals surface area contributed by atoms with E-state index < -0.39 is 21.8 Å². The summed E-state index contributed by atoms with van der Waals surface area (Å²) in [6.07, 6.45) is 1.95. The SMILES string of the molecule is CC1CCN(C(=O)C2CCN(S(=O)(=O)c3ccc(C(=O)O)o3)CC2)C1. The minimum Gasteiger partial charge on any atom is -0.475 e. The maximum absolute atomic E-state index is 12.5. The number of carboxylic acid groups (broad SMARTS) is 1. The highest BCUT2D eigenvalue weighted by molar-refractivity contribution is 7.89. The number of carboxylic acids is 1. The zero-order valence-corrected chi connectivity index (χ0v) is 14.9. The molecule has 0 aromatic carbocycles. The van der Waals surface area contributed by atoms with Gasteiger partial charge in [-0.05, 0) is 37.3 Å². The fourth-order valence-electron chi connectivity index (χ4n) is 3.44. The Hall–Kier alpha value is -1.87. The van der Waals surface area contributed by atoms with Crippen molar-refractivity contribution in [2.45, 2.75) is 31.3 Å². The first kappa shape index (κ1) is 17.9. The summed E-state index contributed by atoms with van der Waals surface area (Å²) >= 11 is 0. The molecule has 9 heteroatoms. The van der Waals surface area contributed by atoms with Crippen molar-refractivity contribution < 1.29 is 27.5 Å². The van der Waals surface area contributed by atoms with E-state index in [2.05, 4.69) is 6.92 Å². The number of piperidine rings is 1. The molecule has 2 fully saturated rings. The van der Waals surface area contributed by atoms with E-state index in [1.165, 1.54) is 4.31 Å². The molecule has 3 heterocycles. The van der Waals surface area contributed by atoms with Gasteiger partial charge in [0.05, 0.1) is 0 Å². The number of carbonyl (C=O) groups excluding carboxylic acids is 1. The summed E-state index contributed by atoms with van der Waals surface area (Å²) in [5, 5.41) is 8.48. The van der Waals surface area contributed by atoms with Crippen LogP contribution in [0.2, 0.25) is 0 Å². The number of likely N-dealkylation sites (tertiary alicyclic amines) is 1. The summed E-state index contributed by atoms with van der Waals surface area (Å²) in [7, 11) is -3.87. The Labute approximate surface area is 146 Å². The largest absolute Gasteiger partial charge is 0.475 e. The lowest BCUT2D eigenvalue weighted by molar-refractivity contribution is -0.135. The normalized spacial score (nSPS) is 23.1. The van der Waals surface area contributed by atoms with Crippen molar-refractivity contribution in [3.8, 4) is 0 Å². The third-order valence-electron chi connectivity index (χ3n) is 4.92. The minimum absolute atomic E-state index is 0.118. The molecule has 25 heavy (non-hydrogen) atoms. The molecule has 3 rings (SSSR count). The van der Waals surface area contributed by atoms with E-state index in [1.54, 1.807) is 0 Å².